The first-order chi connectivity index (χ1) is 13.0. The summed E-state index contributed by atoms with van der Waals surface area (Å²) in [5, 5.41) is 7.26. The third-order valence-corrected chi connectivity index (χ3v) is 3.85. The fraction of sp³-hybridized carbons (Fsp3) is 0.158. The van der Waals surface area contributed by atoms with E-state index in [1.165, 1.54) is 13.2 Å². The summed E-state index contributed by atoms with van der Waals surface area (Å²) in [5.74, 6) is -1.06. The van der Waals surface area contributed by atoms with Gasteiger partial charge < -0.3 is 10.5 Å². The predicted molar refractivity (Wildman–Crippen MR) is 96.6 cm³/mol. The van der Waals surface area contributed by atoms with Crippen molar-refractivity contribution in [3.8, 4) is 17.0 Å². The lowest BCUT2D eigenvalue weighted by molar-refractivity contribution is 0.399. The summed E-state index contributed by atoms with van der Waals surface area (Å²) in [5.41, 5.74) is 8.03. The molecule has 0 unspecified atom stereocenters. The number of nitrogens with zero attached hydrogens (tertiary/aromatic N) is 3. The third kappa shape index (κ3) is 4.41. The van der Waals surface area contributed by atoms with E-state index >= 15 is 0 Å². The number of methoxy groups -OCH3 is 1. The smallest absolute Gasteiger partial charge is 0.221 e. The van der Waals surface area contributed by atoms with Crippen LogP contribution in [0.3, 0.4) is 0 Å². The molecular weight excluding hydrogens is 352 g/mol. The molecule has 2 aromatic heterocycles. The van der Waals surface area contributed by atoms with Gasteiger partial charge in [0.05, 0.1) is 19.4 Å². The lowest BCUT2D eigenvalue weighted by atomic mass is 10.0. The summed E-state index contributed by atoms with van der Waals surface area (Å²) in [6.07, 6.45) is 5.66. The molecule has 0 fully saturated rings. The van der Waals surface area contributed by atoms with Gasteiger partial charge in [0.15, 0.2) is 11.6 Å². The lowest BCUT2D eigenvalue weighted by Crippen LogP contribution is -2.14. The second kappa shape index (κ2) is 7.86. The van der Waals surface area contributed by atoms with Gasteiger partial charge in [-0.25, -0.2) is 23.7 Å². The van der Waals surface area contributed by atoms with Crippen LogP contribution in [0, 0.1) is 17.0 Å². The molecule has 8 heteroatoms. The molecule has 0 saturated heterocycles. The van der Waals surface area contributed by atoms with Gasteiger partial charge in [-0.2, -0.15) is 0 Å². The minimum Gasteiger partial charge on any atom is -0.481 e. The molecule has 1 aromatic carbocycles. The van der Waals surface area contributed by atoms with E-state index in [0.29, 0.717) is 29.3 Å². The van der Waals surface area contributed by atoms with Crippen LogP contribution in [0.1, 0.15) is 17.0 Å². The molecule has 3 N–H and O–H groups in total. The van der Waals surface area contributed by atoms with E-state index in [2.05, 4.69) is 15.0 Å². The highest BCUT2D eigenvalue weighted by atomic mass is 19.2. The van der Waals surface area contributed by atoms with Crippen molar-refractivity contribution in [3.63, 3.8) is 0 Å². The molecule has 138 valence electrons. The lowest BCUT2D eigenvalue weighted by Gasteiger charge is -2.10. The Morgan fingerprint density at radius 3 is 2.37 bits per heavy atom. The van der Waals surface area contributed by atoms with Crippen molar-refractivity contribution in [3.05, 3.63) is 71.4 Å². The molecule has 0 saturated carbocycles. The van der Waals surface area contributed by atoms with Crippen molar-refractivity contribution >= 4 is 5.84 Å². The number of pyridine rings is 1. The van der Waals surface area contributed by atoms with E-state index in [1.807, 2.05) is 6.07 Å². The Hall–Kier alpha value is -3.42. The zero-order valence-corrected chi connectivity index (χ0v) is 14.5. The first kappa shape index (κ1) is 18.4. The van der Waals surface area contributed by atoms with Gasteiger partial charge in [-0.1, -0.05) is 6.07 Å². The number of benzene rings is 1. The Morgan fingerprint density at radius 2 is 1.74 bits per heavy atom. The van der Waals surface area contributed by atoms with Crippen LogP contribution < -0.4 is 10.5 Å². The number of amidine groups is 1. The number of ether oxygens (including phenoxy) is 1. The van der Waals surface area contributed by atoms with Crippen molar-refractivity contribution in [1.29, 1.82) is 5.41 Å². The fourth-order valence-electron chi connectivity index (χ4n) is 2.60. The molecule has 3 aromatic rings. The van der Waals surface area contributed by atoms with Gasteiger partial charge in [-0.05, 0) is 34.9 Å². The molecule has 0 atom stereocenters. The van der Waals surface area contributed by atoms with E-state index in [4.69, 9.17) is 15.9 Å². The van der Waals surface area contributed by atoms with E-state index in [-0.39, 0.29) is 12.3 Å². The van der Waals surface area contributed by atoms with E-state index in [9.17, 15) is 8.78 Å². The predicted octanol–water partition coefficient (Wildman–Crippen LogP) is 2.89. The van der Waals surface area contributed by atoms with Gasteiger partial charge in [-0.15, -0.1) is 0 Å². The van der Waals surface area contributed by atoms with E-state index in [0.717, 1.165) is 23.3 Å². The topological polar surface area (TPSA) is 97.8 Å². The molecule has 0 aliphatic carbocycles. The highest BCUT2D eigenvalue weighted by Gasteiger charge is 2.12. The van der Waals surface area contributed by atoms with Crippen molar-refractivity contribution in [2.24, 2.45) is 5.73 Å². The van der Waals surface area contributed by atoms with Crippen LogP contribution in [-0.2, 0) is 12.8 Å². The number of hydrogen-bond acceptors (Lipinski definition) is 5. The van der Waals surface area contributed by atoms with Crippen LogP contribution in [0.5, 0.6) is 5.88 Å². The van der Waals surface area contributed by atoms with E-state index in [1.54, 1.807) is 18.6 Å². The summed E-state index contributed by atoms with van der Waals surface area (Å²) in [4.78, 5) is 12.6. The highest BCUT2D eigenvalue weighted by Crippen LogP contribution is 2.30. The zero-order valence-electron chi connectivity index (χ0n) is 14.5. The molecule has 3 rings (SSSR count). The molecule has 2 heterocycles. The average Bonchev–Trinajstić information content (AvgIpc) is 2.65. The van der Waals surface area contributed by atoms with E-state index < -0.39 is 11.6 Å². The number of halogens is 2. The number of nitrogens with one attached hydrogen (secondary N) is 1. The molecule has 6 nitrogen and oxygen atoms in total. The SMILES string of the molecule is COc1ncc(Cc2cnc(CC(=N)N)nc2)cc1-c1ccc(F)c(F)c1. The van der Waals surface area contributed by atoms with Crippen LogP contribution in [0.25, 0.3) is 11.1 Å². The normalized spacial score (nSPS) is 10.6. The maximum absolute atomic E-state index is 13.6. The summed E-state index contributed by atoms with van der Waals surface area (Å²) < 4.78 is 32.1. The van der Waals surface area contributed by atoms with Crippen LogP contribution in [0.15, 0.2) is 42.9 Å². The molecule has 0 aliphatic heterocycles. The number of rotatable bonds is 6. The molecule has 0 radical (unpaired) electrons. The van der Waals surface area contributed by atoms with Crippen molar-refractivity contribution in [1.82, 2.24) is 15.0 Å². The van der Waals surface area contributed by atoms with Crippen molar-refractivity contribution in [2.45, 2.75) is 12.8 Å². The maximum atomic E-state index is 13.6. The largest absolute Gasteiger partial charge is 0.481 e. The molecule has 0 amide bonds. The van der Waals surface area contributed by atoms with Gasteiger partial charge >= 0.3 is 0 Å². The van der Waals surface area contributed by atoms with Crippen molar-refractivity contribution < 1.29 is 13.5 Å². The second-order valence-electron chi connectivity index (χ2n) is 5.92. The Kier molecular flexibility index (Phi) is 5.35. The Balaban J connectivity index is 1.88. The van der Waals surface area contributed by atoms with Gasteiger partial charge in [0.25, 0.3) is 0 Å². The first-order valence-electron chi connectivity index (χ1n) is 8.07. The second-order valence-corrected chi connectivity index (χ2v) is 5.92. The molecule has 0 bridgehead atoms. The number of aromatic nitrogens is 3. The maximum Gasteiger partial charge on any atom is 0.221 e. The van der Waals surface area contributed by atoms with Gasteiger partial charge in [-0.3, -0.25) is 5.41 Å². The first-order valence-corrected chi connectivity index (χ1v) is 8.07. The van der Waals surface area contributed by atoms with Crippen LogP contribution in [-0.4, -0.2) is 27.9 Å². The quantitative estimate of drug-likeness (QED) is 0.514. The van der Waals surface area contributed by atoms with Gasteiger partial charge in [0.2, 0.25) is 5.88 Å². The Morgan fingerprint density at radius 1 is 1.04 bits per heavy atom. The minimum atomic E-state index is -0.936. The molecular formula is C19H17F2N5O. The minimum absolute atomic E-state index is 0.00160. The van der Waals surface area contributed by atoms with Crippen LogP contribution in [0.2, 0.25) is 0 Å². The average molecular weight is 369 g/mol. The molecule has 0 aliphatic rings. The van der Waals surface area contributed by atoms with Crippen LogP contribution >= 0.6 is 0 Å². The van der Waals surface area contributed by atoms with Gasteiger partial charge in [0.1, 0.15) is 5.82 Å². The zero-order chi connectivity index (χ0) is 19.4. The fourth-order valence-corrected chi connectivity index (χ4v) is 2.60. The Labute approximate surface area is 154 Å². The highest BCUT2D eigenvalue weighted by molar-refractivity contribution is 5.78. The standard InChI is InChI=1S/C19H17F2N5O/c1-27-19-14(13-2-3-15(20)16(21)6-13)5-11(8-26-19)4-12-9-24-18(25-10-12)7-17(22)23/h2-3,5-6,8-10H,4,7H2,1H3,(H3,22,23). The summed E-state index contributed by atoms with van der Waals surface area (Å²) >= 11 is 0. The number of nitrogens with two attached hydrogens (primary N) is 1. The van der Waals surface area contributed by atoms with Crippen LogP contribution in [0.4, 0.5) is 8.78 Å². The molecule has 0 spiro atoms. The van der Waals surface area contributed by atoms with Gasteiger partial charge in [0, 0.05) is 30.6 Å². The summed E-state index contributed by atoms with van der Waals surface area (Å²) in [7, 11) is 1.47. The monoisotopic (exact) mass is 369 g/mol. The summed E-state index contributed by atoms with van der Waals surface area (Å²) in [6.45, 7) is 0. The third-order valence-electron chi connectivity index (χ3n) is 3.85. The summed E-state index contributed by atoms with van der Waals surface area (Å²) in [6, 6.07) is 5.46. The van der Waals surface area contributed by atoms with Crippen molar-refractivity contribution in [2.75, 3.05) is 7.11 Å². The Bertz CT molecular complexity index is 976. The molecule has 27 heavy (non-hydrogen) atoms. The number of hydrogen-bond donors (Lipinski definition) is 2.